The standard InChI is InChI=1S/C18H24ClNO4S2/c1-12(18(22)20-13-7-8-16(23-2)15(19)11-13)24-17(21)6-4-3-5-14-9-10-25-26-14/h7-8,11-12,14H,3-6,9-10H2,1-2H3,(H,20,22)/t12-,14-/m1/s1. The molecule has 2 atom stereocenters. The summed E-state index contributed by atoms with van der Waals surface area (Å²) in [6.07, 6.45) is 3.69. The lowest BCUT2D eigenvalue weighted by molar-refractivity contribution is -0.153. The zero-order valence-corrected chi connectivity index (χ0v) is 17.3. The van der Waals surface area contributed by atoms with E-state index in [-0.39, 0.29) is 11.9 Å². The average molecular weight is 418 g/mol. The molecule has 0 spiro atoms. The second-order valence-corrected chi connectivity index (χ2v) is 9.24. The minimum absolute atomic E-state index is 0.339. The highest BCUT2D eigenvalue weighted by Gasteiger charge is 2.19. The molecule has 1 N–H and O–H groups in total. The maximum Gasteiger partial charge on any atom is 0.306 e. The first kappa shape index (κ1) is 21.3. The Kier molecular flexibility index (Phi) is 8.95. The molecular formula is C18H24ClNO4S2. The molecule has 8 heteroatoms. The molecule has 2 rings (SSSR count). The van der Waals surface area contributed by atoms with Gasteiger partial charge in [0.05, 0.1) is 12.1 Å². The molecule has 0 aliphatic carbocycles. The van der Waals surface area contributed by atoms with Gasteiger partial charge in [-0.15, -0.1) is 0 Å². The topological polar surface area (TPSA) is 64.6 Å². The Morgan fingerprint density at radius 1 is 1.38 bits per heavy atom. The number of carbonyl (C=O) groups is 2. The van der Waals surface area contributed by atoms with Crippen LogP contribution in [0.1, 0.15) is 39.0 Å². The van der Waals surface area contributed by atoms with Gasteiger partial charge in [0.15, 0.2) is 6.10 Å². The molecule has 0 aromatic heterocycles. The van der Waals surface area contributed by atoms with Crippen LogP contribution in [0.15, 0.2) is 18.2 Å². The number of methoxy groups -OCH3 is 1. The molecule has 1 saturated heterocycles. The van der Waals surface area contributed by atoms with Gasteiger partial charge in [0.25, 0.3) is 5.91 Å². The molecule has 5 nitrogen and oxygen atoms in total. The molecule has 1 aliphatic rings. The number of halogens is 1. The maximum absolute atomic E-state index is 12.1. The third kappa shape index (κ3) is 6.93. The second kappa shape index (κ2) is 10.9. The number of anilines is 1. The van der Waals surface area contributed by atoms with Crippen molar-refractivity contribution in [2.24, 2.45) is 0 Å². The van der Waals surface area contributed by atoms with E-state index in [0.29, 0.717) is 22.9 Å². The van der Waals surface area contributed by atoms with Crippen LogP contribution in [0.3, 0.4) is 0 Å². The SMILES string of the molecule is COc1ccc(NC(=O)[C@@H](C)OC(=O)CCCC[C@@H]2CCSS2)cc1Cl. The van der Waals surface area contributed by atoms with E-state index in [1.807, 2.05) is 21.6 Å². The molecule has 0 radical (unpaired) electrons. The number of carbonyl (C=O) groups excluding carboxylic acids is 2. The Morgan fingerprint density at radius 3 is 2.85 bits per heavy atom. The van der Waals surface area contributed by atoms with E-state index in [1.54, 1.807) is 25.1 Å². The van der Waals surface area contributed by atoms with Crippen molar-refractivity contribution in [1.82, 2.24) is 0 Å². The van der Waals surface area contributed by atoms with Crippen LogP contribution in [0.2, 0.25) is 5.02 Å². The van der Waals surface area contributed by atoms with Crippen LogP contribution in [-0.2, 0) is 14.3 Å². The summed E-state index contributed by atoms with van der Waals surface area (Å²) in [5.41, 5.74) is 0.524. The van der Waals surface area contributed by atoms with Crippen molar-refractivity contribution in [2.45, 2.75) is 50.4 Å². The Morgan fingerprint density at radius 2 is 2.19 bits per heavy atom. The lowest BCUT2D eigenvalue weighted by Crippen LogP contribution is -2.29. The number of unbranched alkanes of at least 4 members (excludes halogenated alkanes) is 1. The predicted molar refractivity (Wildman–Crippen MR) is 109 cm³/mol. The monoisotopic (exact) mass is 417 g/mol. The van der Waals surface area contributed by atoms with Gasteiger partial charge >= 0.3 is 5.97 Å². The van der Waals surface area contributed by atoms with Gasteiger partial charge in [0, 0.05) is 23.1 Å². The summed E-state index contributed by atoms with van der Waals surface area (Å²) in [4.78, 5) is 24.0. The van der Waals surface area contributed by atoms with E-state index in [1.165, 1.54) is 19.3 Å². The summed E-state index contributed by atoms with van der Waals surface area (Å²) in [6.45, 7) is 1.56. The van der Waals surface area contributed by atoms with E-state index in [9.17, 15) is 9.59 Å². The van der Waals surface area contributed by atoms with Crippen LogP contribution in [-0.4, -0.2) is 36.1 Å². The Labute approximate surface area is 167 Å². The van der Waals surface area contributed by atoms with Crippen molar-refractivity contribution in [3.8, 4) is 5.75 Å². The van der Waals surface area contributed by atoms with Crippen LogP contribution in [0.5, 0.6) is 5.75 Å². The summed E-state index contributed by atoms with van der Waals surface area (Å²) < 4.78 is 10.3. The van der Waals surface area contributed by atoms with Gasteiger partial charge in [-0.05, 0) is 44.4 Å². The third-order valence-corrected chi connectivity index (χ3v) is 7.28. The van der Waals surface area contributed by atoms with Crippen LogP contribution >= 0.6 is 33.2 Å². The number of amides is 1. The number of esters is 1. The summed E-state index contributed by atoms with van der Waals surface area (Å²) in [6, 6.07) is 4.93. The Bertz CT molecular complexity index is 623. The molecule has 0 unspecified atom stereocenters. The van der Waals surface area contributed by atoms with Crippen LogP contribution in [0, 0.1) is 0 Å². The quantitative estimate of drug-likeness (QED) is 0.349. The lowest BCUT2D eigenvalue weighted by Gasteiger charge is -2.14. The second-order valence-electron chi connectivity index (χ2n) is 6.05. The number of hydrogen-bond donors (Lipinski definition) is 1. The molecule has 1 amide bonds. The molecule has 0 saturated carbocycles. The van der Waals surface area contributed by atoms with Crippen molar-refractivity contribution in [2.75, 3.05) is 18.2 Å². The van der Waals surface area contributed by atoms with Crippen LogP contribution < -0.4 is 10.1 Å². The van der Waals surface area contributed by atoms with Gasteiger partial charge in [-0.2, -0.15) is 0 Å². The first-order chi connectivity index (χ1) is 12.5. The van der Waals surface area contributed by atoms with Gasteiger partial charge in [-0.25, -0.2) is 0 Å². The Balaban J connectivity index is 1.68. The largest absolute Gasteiger partial charge is 0.495 e. The highest BCUT2D eigenvalue weighted by atomic mass is 35.5. The molecule has 1 fully saturated rings. The van der Waals surface area contributed by atoms with Crippen molar-refractivity contribution < 1.29 is 19.1 Å². The van der Waals surface area contributed by atoms with Gasteiger partial charge in [0.2, 0.25) is 0 Å². The van der Waals surface area contributed by atoms with Gasteiger partial charge in [-0.1, -0.05) is 39.6 Å². The molecule has 1 heterocycles. The first-order valence-electron chi connectivity index (χ1n) is 8.61. The summed E-state index contributed by atoms with van der Waals surface area (Å²) in [5, 5.41) is 3.80. The van der Waals surface area contributed by atoms with E-state index in [4.69, 9.17) is 21.1 Å². The average Bonchev–Trinajstić information content (AvgIpc) is 3.12. The van der Waals surface area contributed by atoms with Gasteiger partial charge in [0.1, 0.15) is 5.75 Å². The van der Waals surface area contributed by atoms with Crippen molar-refractivity contribution in [3.05, 3.63) is 23.2 Å². The van der Waals surface area contributed by atoms with Crippen molar-refractivity contribution >= 4 is 50.8 Å². The summed E-state index contributed by atoms with van der Waals surface area (Å²) in [5.74, 6) is 1.02. The molecule has 0 bridgehead atoms. The highest BCUT2D eigenvalue weighted by Crippen LogP contribution is 2.39. The van der Waals surface area contributed by atoms with Gasteiger partial charge < -0.3 is 14.8 Å². The zero-order valence-electron chi connectivity index (χ0n) is 15.0. The molecule has 144 valence electrons. The number of hydrogen-bond acceptors (Lipinski definition) is 6. The number of rotatable bonds is 9. The normalized spacial score (nSPS) is 17.6. The van der Waals surface area contributed by atoms with E-state index < -0.39 is 6.10 Å². The van der Waals surface area contributed by atoms with Crippen molar-refractivity contribution in [3.63, 3.8) is 0 Å². The molecule has 1 aliphatic heterocycles. The molecule has 1 aromatic rings. The molecule has 26 heavy (non-hydrogen) atoms. The number of nitrogens with one attached hydrogen (secondary N) is 1. The fourth-order valence-electron chi connectivity index (χ4n) is 2.50. The zero-order chi connectivity index (χ0) is 18.9. The maximum atomic E-state index is 12.1. The predicted octanol–water partition coefficient (Wildman–Crippen LogP) is 4.93. The lowest BCUT2D eigenvalue weighted by atomic mass is 10.1. The minimum Gasteiger partial charge on any atom is -0.495 e. The fraction of sp³-hybridized carbons (Fsp3) is 0.556. The highest BCUT2D eigenvalue weighted by molar-refractivity contribution is 8.77. The molecular weight excluding hydrogens is 394 g/mol. The van der Waals surface area contributed by atoms with Crippen LogP contribution in [0.4, 0.5) is 5.69 Å². The van der Waals surface area contributed by atoms with Crippen molar-refractivity contribution in [1.29, 1.82) is 0 Å². The summed E-state index contributed by atoms with van der Waals surface area (Å²) in [7, 11) is 5.40. The summed E-state index contributed by atoms with van der Waals surface area (Å²) >= 11 is 6.03. The minimum atomic E-state index is -0.856. The number of ether oxygens (including phenoxy) is 2. The van der Waals surface area contributed by atoms with Crippen LogP contribution in [0.25, 0.3) is 0 Å². The Hall–Kier alpha value is -1.05. The first-order valence-corrected chi connectivity index (χ1v) is 11.4. The number of benzene rings is 1. The third-order valence-electron chi connectivity index (χ3n) is 3.98. The van der Waals surface area contributed by atoms with Gasteiger partial charge in [-0.3, -0.25) is 9.59 Å². The van der Waals surface area contributed by atoms with E-state index in [0.717, 1.165) is 24.5 Å². The smallest absolute Gasteiger partial charge is 0.306 e. The van der Waals surface area contributed by atoms with E-state index >= 15 is 0 Å². The molecule has 1 aromatic carbocycles. The fourth-order valence-corrected chi connectivity index (χ4v) is 5.79. The van der Waals surface area contributed by atoms with E-state index in [2.05, 4.69) is 5.32 Å².